The molecule has 2 N–H and O–H groups in total. The van der Waals surface area contributed by atoms with Crippen molar-refractivity contribution in [3.05, 3.63) is 47.5 Å². The van der Waals surface area contributed by atoms with Crippen LogP contribution in [0.5, 0.6) is 5.75 Å². The molecular formula is C13H9ClN2O. The average molecular weight is 245 g/mol. The number of halogens is 1. The summed E-state index contributed by atoms with van der Waals surface area (Å²) >= 11 is 5.85. The number of benzene rings is 2. The molecule has 3 nitrogen and oxygen atoms in total. The lowest BCUT2D eigenvalue weighted by atomic mass is 10.1. The Kier molecular flexibility index (Phi) is 2.27. The van der Waals surface area contributed by atoms with Gasteiger partial charge in [0.1, 0.15) is 5.75 Å². The molecule has 1 heterocycles. The number of aromatic nitrogens is 2. The Balaban J connectivity index is 2.21. The zero-order valence-corrected chi connectivity index (χ0v) is 9.57. The number of phenols is 1. The second-order valence-electron chi connectivity index (χ2n) is 3.81. The summed E-state index contributed by atoms with van der Waals surface area (Å²) in [6, 6.07) is 12.7. The zero-order chi connectivity index (χ0) is 11.8. The predicted molar refractivity (Wildman–Crippen MR) is 68.2 cm³/mol. The van der Waals surface area contributed by atoms with Gasteiger partial charge in [0.05, 0.1) is 11.2 Å². The molecule has 0 unspecified atom stereocenters. The van der Waals surface area contributed by atoms with Gasteiger partial charge in [0, 0.05) is 22.0 Å². The third-order valence-corrected chi connectivity index (χ3v) is 2.92. The fraction of sp³-hybridized carbons (Fsp3) is 0. The van der Waals surface area contributed by atoms with Gasteiger partial charge in [-0.1, -0.05) is 23.7 Å². The lowest BCUT2D eigenvalue weighted by Gasteiger charge is -1.98. The Morgan fingerprint density at radius 2 is 1.82 bits per heavy atom. The van der Waals surface area contributed by atoms with Crippen LogP contribution >= 0.6 is 11.6 Å². The van der Waals surface area contributed by atoms with Gasteiger partial charge in [-0.15, -0.1) is 0 Å². The highest BCUT2D eigenvalue weighted by molar-refractivity contribution is 6.30. The van der Waals surface area contributed by atoms with Crippen molar-refractivity contribution in [3.63, 3.8) is 0 Å². The van der Waals surface area contributed by atoms with Gasteiger partial charge in [0.2, 0.25) is 0 Å². The van der Waals surface area contributed by atoms with Crippen molar-refractivity contribution in [2.24, 2.45) is 0 Å². The summed E-state index contributed by atoms with van der Waals surface area (Å²) in [6.07, 6.45) is 0. The third-order valence-electron chi connectivity index (χ3n) is 2.66. The number of phenolic OH excluding ortho intramolecular Hbond substituents is 1. The van der Waals surface area contributed by atoms with E-state index in [9.17, 15) is 5.11 Å². The summed E-state index contributed by atoms with van der Waals surface area (Å²) in [5.74, 6) is 0.226. The van der Waals surface area contributed by atoms with E-state index in [1.54, 1.807) is 12.1 Å². The number of fused-ring (bicyclic) bond motifs is 1. The van der Waals surface area contributed by atoms with E-state index in [4.69, 9.17) is 11.6 Å². The van der Waals surface area contributed by atoms with Crippen LogP contribution in [-0.2, 0) is 0 Å². The maximum atomic E-state index is 9.38. The van der Waals surface area contributed by atoms with Crippen LogP contribution in [0.25, 0.3) is 22.2 Å². The first-order chi connectivity index (χ1) is 8.24. The topological polar surface area (TPSA) is 48.9 Å². The molecule has 0 aliphatic rings. The Bertz CT molecular complexity index is 673. The first-order valence-corrected chi connectivity index (χ1v) is 5.55. The number of nitrogens with one attached hydrogen (secondary N) is 1. The molecule has 0 fully saturated rings. The molecule has 0 amide bonds. The van der Waals surface area contributed by atoms with Crippen molar-refractivity contribution < 1.29 is 5.11 Å². The van der Waals surface area contributed by atoms with Gasteiger partial charge in [-0.2, -0.15) is 5.10 Å². The molecule has 0 aliphatic heterocycles. The Morgan fingerprint density at radius 1 is 1.06 bits per heavy atom. The van der Waals surface area contributed by atoms with Crippen LogP contribution in [0.3, 0.4) is 0 Å². The molecule has 0 spiro atoms. The molecule has 0 bridgehead atoms. The largest absolute Gasteiger partial charge is 0.508 e. The van der Waals surface area contributed by atoms with E-state index in [2.05, 4.69) is 10.2 Å². The molecule has 4 heteroatoms. The smallest absolute Gasteiger partial charge is 0.117 e. The average Bonchev–Trinajstić information content (AvgIpc) is 2.73. The number of rotatable bonds is 1. The van der Waals surface area contributed by atoms with Crippen molar-refractivity contribution >= 4 is 22.5 Å². The molecular weight excluding hydrogens is 236 g/mol. The molecule has 1 aromatic heterocycles. The quantitative estimate of drug-likeness (QED) is 0.687. The van der Waals surface area contributed by atoms with Crippen LogP contribution in [0.4, 0.5) is 0 Å². The number of hydrogen-bond donors (Lipinski definition) is 2. The number of H-pyrrole nitrogens is 1. The predicted octanol–water partition coefficient (Wildman–Crippen LogP) is 3.59. The van der Waals surface area contributed by atoms with Crippen molar-refractivity contribution in [2.45, 2.75) is 0 Å². The highest BCUT2D eigenvalue weighted by Crippen LogP contribution is 2.28. The number of hydrogen-bond acceptors (Lipinski definition) is 2. The van der Waals surface area contributed by atoms with Crippen LogP contribution in [0, 0.1) is 0 Å². The van der Waals surface area contributed by atoms with E-state index >= 15 is 0 Å². The first-order valence-electron chi connectivity index (χ1n) is 5.17. The molecule has 2 aromatic carbocycles. The summed E-state index contributed by atoms with van der Waals surface area (Å²) < 4.78 is 0. The molecule has 0 radical (unpaired) electrons. The molecule has 17 heavy (non-hydrogen) atoms. The lowest BCUT2D eigenvalue weighted by Crippen LogP contribution is -1.78. The molecule has 0 saturated carbocycles. The van der Waals surface area contributed by atoms with Crippen LogP contribution < -0.4 is 0 Å². The molecule has 3 aromatic rings. The SMILES string of the molecule is Oc1ccc2c(-c3ccc(Cl)cc3)n[nH]c2c1. The van der Waals surface area contributed by atoms with Crippen LogP contribution in [0.2, 0.25) is 5.02 Å². The van der Waals surface area contributed by atoms with Crippen molar-refractivity contribution in [1.29, 1.82) is 0 Å². The van der Waals surface area contributed by atoms with Gasteiger partial charge >= 0.3 is 0 Å². The van der Waals surface area contributed by atoms with E-state index < -0.39 is 0 Å². The highest BCUT2D eigenvalue weighted by atomic mass is 35.5. The van der Waals surface area contributed by atoms with Gasteiger partial charge in [-0.25, -0.2) is 0 Å². The van der Waals surface area contributed by atoms with Crippen molar-refractivity contribution in [1.82, 2.24) is 10.2 Å². The minimum absolute atomic E-state index is 0.226. The lowest BCUT2D eigenvalue weighted by molar-refractivity contribution is 0.476. The summed E-state index contributed by atoms with van der Waals surface area (Å²) in [7, 11) is 0. The van der Waals surface area contributed by atoms with E-state index in [0.29, 0.717) is 5.02 Å². The van der Waals surface area contributed by atoms with Crippen molar-refractivity contribution in [3.8, 4) is 17.0 Å². The second kappa shape index (κ2) is 3.79. The van der Waals surface area contributed by atoms with Gasteiger partial charge in [-0.05, 0) is 24.3 Å². The van der Waals surface area contributed by atoms with E-state index in [1.807, 2.05) is 30.3 Å². The minimum Gasteiger partial charge on any atom is -0.508 e. The first kappa shape index (κ1) is 10.2. The van der Waals surface area contributed by atoms with E-state index in [0.717, 1.165) is 22.2 Å². The molecule has 0 saturated heterocycles. The summed E-state index contributed by atoms with van der Waals surface area (Å²) in [4.78, 5) is 0. The monoisotopic (exact) mass is 244 g/mol. The number of nitrogens with zero attached hydrogens (tertiary/aromatic N) is 1. The highest BCUT2D eigenvalue weighted by Gasteiger charge is 2.08. The van der Waals surface area contributed by atoms with Gasteiger partial charge in [0.15, 0.2) is 0 Å². The minimum atomic E-state index is 0.226. The molecule has 84 valence electrons. The van der Waals surface area contributed by atoms with Crippen molar-refractivity contribution in [2.75, 3.05) is 0 Å². The second-order valence-corrected chi connectivity index (χ2v) is 4.25. The standard InChI is InChI=1S/C13H9ClN2O/c14-9-3-1-8(2-4-9)13-11-6-5-10(17)7-12(11)15-16-13/h1-7,17H,(H,15,16). The number of aromatic hydroxyl groups is 1. The zero-order valence-electron chi connectivity index (χ0n) is 8.81. The van der Waals surface area contributed by atoms with Crippen LogP contribution in [0.1, 0.15) is 0 Å². The fourth-order valence-electron chi connectivity index (χ4n) is 1.84. The maximum absolute atomic E-state index is 9.38. The summed E-state index contributed by atoms with van der Waals surface area (Å²) in [6.45, 7) is 0. The Morgan fingerprint density at radius 3 is 2.59 bits per heavy atom. The van der Waals surface area contributed by atoms with E-state index in [-0.39, 0.29) is 5.75 Å². The summed E-state index contributed by atoms with van der Waals surface area (Å²) in [5, 5.41) is 18.2. The van der Waals surface area contributed by atoms with Crippen LogP contribution in [-0.4, -0.2) is 15.3 Å². The van der Waals surface area contributed by atoms with Gasteiger partial charge < -0.3 is 5.11 Å². The van der Waals surface area contributed by atoms with Crippen LogP contribution in [0.15, 0.2) is 42.5 Å². The maximum Gasteiger partial charge on any atom is 0.117 e. The third kappa shape index (κ3) is 1.74. The molecule has 0 atom stereocenters. The Labute approximate surface area is 103 Å². The summed E-state index contributed by atoms with van der Waals surface area (Å²) in [5.41, 5.74) is 2.66. The molecule has 0 aliphatic carbocycles. The van der Waals surface area contributed by atoms with Gasteiger partial charge in [-0.3, -0.25) is 5.10 Å². The fourth-order valence-corrected chi connectivity index (χ4v) is 1.96. The molecule has 3 rings (SSSR count). The Hall–Kier alpha value is -2.00. The van der Waals surface area contributed by atoms with E-state index in [1.165, 1.54) is 0 Å². The van der Waals surface area contributed by atoms with Gasteiger partial charge in [0.25, 0.3) is 0 Å². The number of aromatic amines is 1. The normalized spacial score (nSPS) is 10.9.